The Morgan fingerprint density at radius 3 is 3.00 bits per heavy atom. The zero-order chi connectivity index (χ0) is 13.4. The summed E-state index contributed by atoms with van der Waals surface area (Å²) in [4.78, 5) is 16.1. The summed E-state index contributed by atoms with van der Waals surface area (Å²) in [5, 5.41) is 13.8. The van der Waals surface area contributed by atoms with Crippen LogP contribution in [0.25, 0.3) is 0 Å². The number of nitro groups is 1. The van der Waals surface area contributed by atoms with Crippen molar-refractivity contribution in [1.29, 1.82) is 0 Å². The van der Waals surface area contributed by atoms with Crippen molar-refractivity contribution >= 4 is 11.5 Å². The van der Waals surface area contributed by atoms with Crippen molar-refractivity contribution in [2.45, 2.75) is 0 Å². The third kappa shape index (κ3) is 4.64. The molecule has 1 rings (SSSR count). The second kappa shape index (κ2) is 7.57. The lowest BCUT2D eigenvalue weighted by molar-refractivity contribution is -0.388. The maximum Gasteiger partial charge on any atom is 0.386 e. The van der Waals surface area contributed by atoms with Crippen LogP contribution in [0.4, 0.5) is 11.5 Å². The molecule has 0 aliphatic carbocycles. The molecule has 0 aliphatic rings. The third-order valence-electron chi connectivity index (χ3n) is 2.45. The number of nitrogens with one attached hydrogen (secondary N) is 1. The zero-order valence-electron chi connectivity index (χ0n) is 10.6. The second-order valence-electron chi connectivity index (χ2n) is 3.85. The van der Waals surface area contributed by atoms with Crippen LogP contribution in [0.3, 0.4) is 0 Å². The number of pyridine rings is 1. The minimum atomic E-state index is -0.489. The zero-order valence-corrected chi connectivity index (χ0v) is 10.6. The molecule has 0 amide bonds. The van der Waals surface area contributed by atoms with Gasteiger partial charge in [0.05, 0.1) is 6.61 Å². The smallest absolute Gasteiger partial charge is 0.383 e. The number of anilines is 1. The van der Waals surface area contributed by atoms with Crippen LogP contribution in [0.15, 0.2) is 18.3 Å². The van der Waals surface area contributed by atoms with Crippen LogP contribution in [0.5, 0.6) is 0 Å². The van der Waals surface area contributed by atoms with E-state index in [0.29, 0.717) is 18.8 Å². The molecule has 0 fully saturated rings. The largest absolute Gasteiger partial charge is 0.386 e. The molecule has 18 heavy (non-hydrogen) atoms. The summed E-state index contributed by atoms with van der Waals surface area (Å²) in [6.45, 7) is 2.89. The molecule has 0 radical (unpaired) electrons. The Labute approximate surface area is 106 Å². The van der Waals surface area contributed by atoms with Crippen LogP contribution in [-0.4, -0.2) is 55.2 Å². The summed E-state index contributed by atoms with van der Waals surface area (Å²) < 4.78 is 4.97. The Bertz CT molecular complexity index is 386. The first kappa shape index (κ1) is 14.3. The lowest BCUT2D eigenvalue weighted by atomic mass is 10.3. The normalized spacial score (nSPS) is 10.6. The van der Waals surface area contributed by atoms with Gasteiger partial charge in [-0.05, 0) is 29.1 Å². The van der Waals surface area contributed by atoms with E-state index in [4.69, 9.17) is 4.74 Å². The van der Waals surface area contributed by atoms with Crippen LogP contribution >= 0.6 is 0 Å². The van der Waals surface area contributed by atoms with E-state index in [1.54, 1.807) is 19.2 Å². The van der Waals surface area contributed by atoms with Gasteiger partial charge in [0.1, 0.15) is 11.9 Å². The molecule has 0 atom stereocenters. The van der Waals surface area contributed by atoms with Crippen LogP contribution in [0, 0.1) is 10.1 Å². The Balaban J connectivity index is 2.41. The number of nitrogens with zero attached hydrogens (tertiary/aromatic N) is 3. The minimum absolute atomic E-state index is 0.142. The fourth-order valence-electron chi connectivity index (χ4n) is 1.42. The molecule has 0 aliphatic heterocycles. The van der Waals surface area contributed by atoms with E-state index in [1.165, 1.54) is 6.20 Å². The lowest BCUT2D eigenvalue weighted by Gasteiger charge is -2.16. The monoisotopic (exact) mass is 254 g/mol. The molecule has 0 spiro atoms. The molecule has 1 heterocycles. The van der Waals surface area contributed by atoms with Crippen molar-refractivity contribution in [3.8, 4) is 0 Å². The Morgan fingerprint density at radius 2 is 2.33 bits per heavy atom. The quantitative estimate of drug-likeness (QED) is 0.550. The van der Waals surface area contributed by atoms with Crippen LogP contribution in [0.2, 0.25) is 0 Å². The first-order chi connectivity index (χ1) is 8.65. The maximum absolute atomic E-state index is 10.7. The minimum Gasteiger partial charge on any atom is -0.383 e. The Kier molecular flexibility index (Phi) is 6.03. The summed E-state index contributed by atoms with van der Waals surface area (Å²) in [7, 11) is 3.63. The highest BCUT2D eigenvalue weighted by atomic mass is 16.6. The maximum atomic E-state index is 10.7. The van der Waals surface area contributed by atoms with Crippen LogP contribution in [-0.2, 0) is 4.74 Å². The van der Waals surface area contributed by atoms with Crippen molar-refractivity contribution in [2.24, 2.45) is 0 Å². The predicted molar refractivity (Wildman–Crippen MR) is 68.8 cm³/mol. The molecule has 1 aromatic heterocycles. The number of ether oxygens (including phenoxy) is 1. The number of hydrogen-bond acceptors (Lipinski definition) is 6. The standard InChI is InChI=1S/C11H18N4O3/c1-14(8-9-18-2)7-6-12-10-4-3-5-13-11(10)15(16)17/h3-5,12H,6-9H2,1-2H3. The molecule has 1 N–H and O–H groups in total. The van der Waals surface area contributed by atoms with Gasteiger partial charge in [0.2, 0.25) is 0 Å². The van der Waals surface area contributed by atoms with Gasteiger partial charge in [-0.3, -0.25) is 0 Å². The summed E-state index contributed by atoms with van der Waals surface area (Å²) in [6, 6.07) is 3.32. The van der Waals surface area contributed by atoms with Crippen molar-refractivity contribution in [1.82, 2.24) is 9.88 Å². The summed E-state index contributed by atoms with van der Waals surface area (Å²) >= 11 is 0. The van der Waals surface area contributed by atoms with Gasteiger partial charge in [-0.25, -0.2) is 0 Å². The molecule has 0 aromatic carbocycles. The molecular weight excluding hydrogens is 236 g/mol. The van der Waals surface area contributed by atoms with Gasteiger partial charge < -0.3 is 25.1 Å². The van der Waals surface area contributed by atoms with E-state index in [-0.39, 0.29) is 5.82 Å². The van der Waals surface area contributed by atoms with Gasteiger partial charge in [0.25, 0.3) is 0 Å². The summed E-state index contributed by atoms with van der Waals surface area (Å²) in [5.74, 6) is -0.142. The Hall–Kier alpha value is -1.73. The number of likely N-dealkylation sites (N-methyl/N-ethyl adjacent to an activating group) is 1. The molecule has 100 valence electrons. The van der Waals surface area contributed by atoms with Crippen LogP contribution < -0.4 is 5.32 Å². The molecule has 1 aromatic rings. The molecule has 7 nitrogen and oxygen atoms in total. The van der Waals surface area contributed by atoms with E-state index in [0.717, 1.165) is 13.1 Å². The third-order valence-corrected chi connectivity index (χ3v) is 2.45. The van der Waals surface area contributed by atoms with Gasteiger partial charge in [0.15, 0.2) is 0 Å². The fraction of sp³-hybridized carbons (Fsp3) is 0.545. The molecular formula is C11H18N4O3. The molecule has 0 bridgehead atoms. The van der Waals surface area contributed by atoms with E-state index in [9.17, 15) is 10.1 Å². The molecule has 0 saturated heterocycles. The second-order valence-corrected chi connectivity index (χ2v) is 3.85. The van der Waals surface area contributed by atoms with Crippen molar-refractivity contribution < 1.29 is 9.66 Å². The van der Waals surface area contributed by atoms with Gasteiger partial charge in [-0.2, -0.15) is 0 Å². The van der Waals surface area contributed by atoms with E-state index < -0.39 is 4.92 Å². The van der Waals surface area contributed by atoms with Crippen molar-refractivity contribution in [3.63, 3.8) is 0 Å². The first-order valence-corrected chi connectivity index (χ1v) is 5.66. The molecule has 7 heteroatoms. The topological polar surface area (TPSA) is 80.5 Å². The van der Waals surface area contributed by atoms with E-state index in [2.05, 4.69) is 15.2 Å². The number of aromatic nitrogens is 1. The Morgan fingerprint density at radius 1 is 1.56 bits per heavy atom. The summed E-state index contributed by atoms with van der Waals surface area (Å²) in [6.07, 6.45) is 1.41. The number of rotatable bonds is 8. The van der Waals surface area contributed by atoms with Gasteiger partial charge in [-0.1, -0.05) is 0 Å². The molecule has 0 saturated carbocycles. The molecule has 0 unspecified atom stereocenters. The predicted octanol–water partition coefficient (Wildman–Crippen LogP) is 0.980. The van der Waals surface area contributed by atoms with Crippen molar-refractivity contribution in [2.75, 3.05) is 45.7 Å². The first-order valence-electron chi connectivity index (χ1n) is 5.66. The SMILES string of the molecule is COCCN(C)CCNc1cccnc1[N+](=O)[O-]. The average Bonchev–Trinajstić information content (AvgIpc) is 2.36. The van der Waals surface area contributed by atoms with Crippen LogP contribution in [0.1, 0.15) is 0 Å². The highest BCUT2D eigenvalue weighted by Crippen LogP contribution is 2.19. The van der Waals surface area contributed by atoms with Gasteiger partial charge in [-0.15, -0.1) is 0 Å². The summed E-state index contributed by atoms with van der Waals surface area (Å²) in [5.41, 5.74) is 0.447. The van der Waals surface area contributed by atoms with E-state index >= 15 is 0 Å². The average molecular weight is 254 g/mol. The van der Waals surface area contributed by atoms with Gasteiger partial charge >= 0.3 is 5.82 Å². The highest BCUT2D eigenvalue weighted by Gasteiger charge is 2.13. The lowest BCUT2D eigenvalue weighted by Crippen LogP contribution is -2.28. The number of methoxy groups -OCH3 is 1. The fourth-order valence-corrected chi connectivity index (χ4v) is 1.42. The van der Waals surface area contributed by atoms with Gasteiger partial charge in [0, 0.05) is 26.7 Å². The number of hydrogen-bond donors (Lipinski definition) is 1. The highest BCUT2D eigenvalue weighted by molar-refractivity contribution is 5.56. The van der Waals surface area contributed by atoms with E-state index in [1.807, 2.05) is 7.05 Å². The van der Waals surface area contributed by atoms with Crippen molar-refractivity contribution in [3.05, 3.63) is 28.4 Å².